The first-order valence-corrected chi connectivity index (χ1v) is 11.1. The Bertz CT molecular complexity index is 1310. The van der Waals surface area contributed by atoms with Gasteiger partial charge in [-0.2, -0.15) is 0 Å². The first kappa shape index (κ1) is 16.9. The lowest BCUT2D eigenvalue weighted by Crippen LogP contribution is -2.51. The van der Waals surface area contributed by atoms with E-state index < -0.39 is 0 Å². The van der Waals surface area contributed by atoms with Crippen LogP contribution in [0, 0.1) is 5.41 Å². The quantitative estimate of drug-likeness (QED) is 0.302. The summed E-state index contributed by atoms with van der Waals surface area (Å²) in [5, 5.41) is 2.70. The van der Waals surface area contributed by atoms with Crippen LogP contribution in [0.15, 0.2) is 84.9 Å². The maximum Gasteiger partial charge on any atom is 0.0258 e. The lowest BCUT2D eigenvalue weighted by Gasteiger charge is -2.49. The highest BCUT2D eigenvalue weighted by Crippen LogP contribution is 2.82. The van der Waals surface area contributed by atoms with E-state index in [9.17, 15) is 0 Å². The summed E-state index contributed by atoms with van der Waals surface area (Å²) in [5.41, 5.74) is 9.06. The van der Waals surface area contributed by atoms with Gasteiger partial charge in [-0.25, -0.2) is 0 Å². The molecule has 0 spiro atoms. The molecule has 0 aliphatic heterocycles. The van der Waals surface area contributed by atoms with Crippen molar-refractivity contribution in [3.8, 4) is 0 Å². The molecule has 3 aliphatic rings. The average molecular weight is 387 g/mol. The van der Waals surface area contributed by atoms with Crippen molar-refractivity contribution in [2.24, 2.45) is 5.41 Å². The molecular formula is C30H26. The minimum Gasteiger partial charge on any atom is -0.0619 e. The summed E-state index contributed by atoms with van der Waals surface area (Å²) >= 11 is 0. The molecule has 4 aromatic rings. The van der Waals surface area contributed by atoms with E-state index in [-0.39, 0.29) is 21.7 Å². The summed E-state index contributed by atoms with van der Waals surface area (Å²) in [6.07, 6.45) is 0. The Morgan fingerprint density at radius 3 is 1.07 bits per heavy atom. The molecule has 0 radical (unpaired) electrons. The molecule has 0 saturated carbocycles. The summed E-state index contributed by atoms with van der Waals surface area (Å²) in [7, 11) is 0. The van der Waals surface area contributed by atoms with Gasteiger partial charge in [0, 0.05) is 21.7 Å². The number of hydrogen-bond donors (Lipinski definition) is 0. The zero-order valence-electron chi connectivity index (χ0n) is 18.1. The second-order valence-corrected chi connectivity index (χ2v) is 10.3. The molecule has 30 heavy (non-hydrogen) atoms. The molecule has 4 aromatic carbocycles. The predicted molar refractivity (Wildman–Crippen MR) is 124 cm³/mol. The van der Waals surface area contributed by atoms with E-state index in [2.05, 4.69) is 113 Å². The summed E-state index contributed by atoms with van der Waals surface area (Å²) in [4.78, 5) is 0. The molecule has 0 saturated heterocycles. The van der Waals surface area contributed by atoms with Gasteiger partial charge in [0.25, 0.3) is 0 Å². The third-order valence-electron chi connectivity index (χ3n) is 9.97. The van der Waals surface area contributed by atoms with Crippen molar-refractivity contribution in [3.05, 3.63) is 118 Å². The Morgan fingerprint density at radius 2 is 0.700 bits per heavy atom. The molecule has 0 amide bonds. The van der Waals surface area contributed by atoms with E-state index in [1.165, 1.54) is 44.2 Å². The molecule has 0 aromatic heterocycles. The van der Waals surface area contributed by atoms with Crippen LogP contribution in [0.4, 0.5) is 0 Å². The highest BCUT2D eigenvalue weighted by Gasteiger charge is 2.79. The SMILES string of the molecule is CC12c3ccccc3[C@@]3(C)c4cc5ccccc5cc4[C@@](C)(c4ccccc41)C23C. The average Bonchev–Trinajstić information content (AvgIpc) is 3.14. The maximum atomic E-state index is 2.58. The Kier molecular flexibility index (Phi) is 2.66. The highest BCUT2D eigenvalue weighted by molar-refractivity contribution is 5.88. The summed E-state index contributed by atoms with van der Waals surface area (Å²) < 4.78 is 0. The van der Waals surface area contributed by atoms with Gasteiger partial charge in [0.2, 0.25) is 0 Å². The van der Waals surface area contributed by atoms with Gasteiger partial charge in [-0.1, -0.05) is 100 Å². The molecule has 0 bridgehead atoms. The fourth-order valence-corrected chi connectivity index (χ4v) is 8.33. The van der Waals surface area contributed by atoms with Crippen LogP contribution >= 0.6 is 0 Å². The van der Waals surface area contributed by atoms with E-state index in [1.807, 2.05) is 0 Å². The third kappa shape index (κ3) is 1.33. The molecule has 146 valence electrons. The van der Waals surface area contributed by atoms with Gasteiger partial charge in [0.05, 0.1) is 0 Å². The lowest BCUT2D eigenvalue weighted by molar-refractivity contribution is 0.0997. The monoisotopic (exact) mass is 386 g/mol. The van der Waals surface area contributed by atoms with E-state index in [0.29, 0.717) is 0 Å². The van der Waals surface area contributed by atoms with E-state index in [1.54, 1.807) is 0 Å². The maximum absolute atomic E-state index is 2.58. The number of benzene rings is 4. The largest absolute Gasteiger partial charge is 0.0619 e. The fourth-order valence-electron chi connectivity index (χ4n) is 8.33. The van der Waals surface area contributed by atoms with E-state index in [0.717, 1.165) is 0 Å². The Hall–Kier alpha value is -2.86. The molecule has 7 rings (SSSR count). The van der Waals surface area contributed by atoms with Gasteiger partial charge in [-0.3, -0.25) is 0 Å². The Balaban J connectivity index is 1.77. The summed E-state index contributed by atoms with van der Waals surface area (Å²) in [5.74, 6) is 0. The van der Waals surface area contributed by atoms with Crippen LogP contribution in [0.5, 0.6) is 0 Å². The van der Waals surface area contributed by atoms with E-state index in [4.69, 9.17) is 0 Å². The standard InChI is InChI=1S/C30H26/c1-27-21-13-7-9-15-23(21)28(2)25-17-19-11-5-6-12-20(19)18-26(25)29(3,30(27,28)4)24-16-10-8-14-22(24)27/h5-18H,1-4H3/t27?,28-,29+,30?. The first-order valence-electron chi connectivity index (χ1n) is 11.1. The smallest absolute Gasteiger partial charge is 0.0258 e. The minimum atomic E-state index is -0.0362. The van der Waals surface area contributed by atoms with Crippen LogP contribution in [0.25, 0.3) is 10.8 Å². The normalized spacial score (nSPS) is 34.5. The topological polar surface area (TPSA) is 0 Å². The lowest BCUT2D eigenvalue weighted by atomic mass is 9.52. The molecule has 4 atom stereocenters. The van der Waals surface area contributed by atoms with Crippen molar-refractivity contribution in [1.29, 1.82) is 0 Å². The number of hydrogen-bond acceptors (Lipinski definition) is 0. The van der Waals surface area contributed by atoms with Crippen molar-refractivity contribution < 1.29 is 0 Å². The molecule has 0 N–H and O–H groups in total. The zero-order valence-corrected chi connectivity index (χ0v) is 18.1. The van der Waals surface area contributed by atoms with E-state index >= 15 is 0 Å². The summed E-state index contributed by atoms with van der Waals surface area (Å²) in [6.45, 7) is 10.2. The Labute approximate surface area is 178 Å². The van der Waals surface area contributed by atoms with Crippen LogP contribution in [0.1, 0.15) is 61.1 Å². The van der Waals surface area contributed by atoms with Gasteiger partial charge in [-0.05, 0) is 56.3 Å². The van der Waals surface area contributed by atoms with Crippen molar-refractivity contribution in [1.82, 2.24) is 0 Å². The molecule has 3 aliphatic carbocycles. The van der Waals surface area contributed by atoms with Crippen LogP contribution < -0.4 is 0 Å². The molecule has 0 fully saturated rings. The molecule has 2 unspecified atom stereocenters. The van der Waals surface area contributed by atoms with Gasteiger partial charge >= 0.3 is 0 Å². The predicted octanol–water partition coefficient (Wildman–Crippen LogP) is 7.10. The van der Waals surface area contributed by atoms with Crippen LogP contribution in [0.2, 0.25) is 0 Å². The minimum absolute atomic E-state index is 0.0190. The second-order valence-electron chi connectivity index (χ2n) is 10.3. The Morgan fingerprint density at radius 1 is 0.400 bits per heavy atom. The van der Waals surface area contributed by atoms with Crippen LogP contribution in [-0.4, -0.2) is 0 Å². The van der Waals surface area contributed by atoms with Gasteiger partial charge in [0.15, 0.2) is 0 Å². The third-order valence-corrected chi connectivity index (χ3v) is 9.97. The van der Waals surface area contributed by atoms with Gasteiger partial charge in [-0.15, -0.1) is 0 Å². The molecular weight excluding hydrogens is 360 g/mol. The molecule has 0 nitrogen and oxygen atoms in total. The fraction of sp³-hybridized carbons (Fsp3) is 0.267. The molecule has 0 heteroatoms. The number of rotatable bonds is 0. The van der Waals surface area contributed by atoms with Crippen molar-refractivity contribution >= 4 is 10.8 Å². The summed E-state index contributed by atoms with van der Waals surface area (Å²) in [6, 6.07) is 32.4. The van der Waals surface area contributed by atoms with Crippen molar-refractivity contribution in [2.45, 2.75) is 43.9 Å². The second kappa shape index (κ2) is 4.72. The molecule has 0 heterocycles. The van der Waals surface area contributed by atoms with Gasteiger partial charge < -0.3 is 0 Å². The van der Waals surface area contributed by atoms with Crippen LogP contribution in [-0.2, 0) is 16.2 Å². The van der Waals surface area contributed by atoms with Gasteiger partial charge in [0.1, 0.15) is 0 Å². The highest BCUT2D eigenvalue weighted by atomic mass is 14.8. The zero-order chi connectivity index (χ0) is 20.5. The van der Waals surface area contributed by atoms with Crippen molar-refractivity contribution in [2.75, 3.05) is 0 Å². The number of fused-ring (bicyclic) bond motifs is 10. The first-order chi connectivity index (χ1) is 14.4. The van der Waals surface area contributed by atoms with Crippen LogP contribution in [0.3, 0.4) is 0 Å². The van der Waals surface area contributed by atoms with Crippen molar-refractivity contribution in [3.63, 3.8) is 0 Å².